The van der Waals surface area contributed by atoms with E-state index >= 15 is 0 Å². The molecule has 0 heterocycles. The number of hydrogen-bond donors (Lipinski definition) is 4. The summed E-state index contributed by atoms with van der Waals surface area (Å²) in [7, 11) is 0. The van der Waals surface area contributed by atoms with Gasteiger partial charge in [0, 0.05) is 3.57 Å². The number of rotatable bonds is 5. The van der Waals surface area contributed by atoms with Crippen LogP contribution in [0.4, 0.5) is 0 Å². The van der Waals surface area contributed by atoms with Crippen molar-refractivity contribution >= 4 is 63.0 Å². The quantitative estimate of drug-likeness (QED) is 0.439. The fraction of sp³-hybridized carbons (Fsp3) is 0.182. The van der Waals surface area contributed by atoms with Crippen molar-refractivity contribution in [1.82, 2.24) is 5.32 Å². The first-order valence-electron chi connectivity index (χ1n) is 5.22. The summed E-state index contributed by atoms with van der Waals surface area (Å²) in [6, 6.07) is 1.64. The lowest BCUT2D eigenvalue weighted by molar-refractivity contribution is -0.140. The highest BCUT2D eigenvalue weighted by Crippen LogP contribution is 2.27. The fourth-order valence-corrected chi connectivity index (χ4v) is 3.22. The Kier molecular flexibility index (Phi) is 5.98. The highest BCUT2D eigenvalue weighted by atomic mass is 127. The molecule has 0 aliphatic heterocycles. The second-order valence-electron chi connectivity index (χ2n) is 3.82. The predicted octanol–water partition coefficient (Wildman–Crippen LogP) is 0.660. The van der Waals surface area contributed by atoms with Crippen molar-refractivity contribution in [2.45, 2.75) is 12.5 Å². The van der Waals surface area contributed by atoms with E-state index < -0.39 is 30.2 Å². The Balaban J connectivity index is 3.00. The molecule has 20 heavy (non-hydrogen) atoms. The van der Waals surface area contributed by atoms with Crippen LogP contribution < -0.4 is 11.1 Å². The highest BCUT2D eigenvalue weighted by molar-refractivity contribution is 14.1. The summed E-state index contributed by atoms with van der Waals surface area (Å²) in [6.07, 6.45) is -0.525. The molecule has 1 unspecified atom stereocenters. The Labute approximate surface area is 141 Å². The molecular formula is C11H10I2N2O5. The second-order valence-corrected chi connectivity index (χ2v) is 6.23. The minimum atomic E-state index is -1.44. The number of carboxylic acid groups (broad SMARTS) is 1. The predicted molar refractivity (Wildman–Crippen MR) is 86.2 cm³/mol. The molecule has 0 saturated carbocycles. The van der Waals surface area contributed by atoms with E-state index in [2.05, 4.69) is 5.32 Å². The van der Waals surface area contributed by atoms with Crippen molar-refractivity contribution < 1.29 is 24.6 Å². The van der Waals surface area contributed by atoms with Crippen LogP contribution in [0.15, 0.2) is 12.1 Å². The van der Waals surface area contributed by atoms with Crippen molar-refractivity contribution in [3.63, 3.8) is 0 Å². The first-order chi connectivity index (χ1) is 9.22. The van der Waals surface area contributed by atoms with Gasteiger partial charge < -0.3 is 21.3 Å². The molecule has 2 amide bonds. The van der Waals surface area contributed by atoms with Gasteiger partial charge in [0.1, 0.15) is 11.8 Å². The number of halogens is 2. The van der Waals surface area contributed by atoms with Crippen LogP contribution in [-0.2, 0) is 9.59 Å². The van der Waals surface area contributed by atoms with Gasteiger partial charge in [-0.25, -0.2) is 4.79 Å². The lowest BCUT2D eigenvalue weighted by atomic mass is 10.1. The van der Waals surface area contributed by atoms with E-state index in [1.165, 1.54) is 6.07 Å². The SMILES string of the molecule is NC(=O)CC(NC(=O)c1cc(I)cc(I)c1O)C(=O)O. The number of nitrogens with two attached hydrogens (primary N) is 1. The van der Waals surface area contributed by atoms with E-state index in [9.17, 15) is 19.5 Å². The molecule has 1 aromatic carbocycles. The van der Waals surface area contributed by atoms with Gasteiger partial charge in [-0.2, -0.15) is 0 Å². The summed E-state index contributed by atoms with van der Waals surface area (Å²) in [5.74, 6) is -3.25. The van der Waals surface area contributed by atoms with Crippen LogP contribution in [0, 0.1) is 7.14 Å². The number of phenolic OH excluding ortho intramolecular Hbond substituents is 1. The van der Waals surface area contributed by atoms with Gasteiger partial charge in [0.15, 0.2) is 0 Å². The Morgan fingerprint density at radius 1 is 1.30 bits per heavy atom. The Morgan fingerprint density at radius 2 is 1.90 bits per heavy atom. The van der Waals surface area contributed by atoms with Crippen LogP contribution in [-0.4, -0.2) is 34.0 Å². The molecule has 0 aromatic heterocycles. The van der Waals surface area contributed by atoms with Crippen LogP contribution >= 0.6 is 45.2 Å². The molecule has 1 aromatic rings. The van der Waals surface area contributed by atoms with Gasteiger partial charge in [-0.3, -0.25) is 9.59 Å². The molecule has 5 N–H and O–H groups in total. The average Bonchev–Trinajstić information content (AvgIpc) is 2.32. The van der Waals surface area contributed by atoms with Gasteiger partial charge in [0.25, 0.3) is 5.91 Å². The normalized spacial score (nSPS) is 11.7. The van der Waals surface area contributed by atoms with Gasteiger partial charge in [-0.1, -0.05) is 0 Å². The molecule has 7 nitrogen and oxygen atoms in total. The van der Waals surface area contributed by atoms with E-state index in [4.69, 9.17) is 10.8 Å². The molecule has 1 rings (SSSR count). The molecule has 9 heteroatoms. The number of carbonyl (C=O) groups excluding carboxylic acids is 2. The third-order valence-corrected chi connectivity index (χ3v) is 3.73. The average molecular weight is 504 g/mol. The Hall–Kier alpha value is -1.11. The molecule has 0 bridgehead atoms. The third-order valence-electron chi connectivity index (χ3n) is 2.28. The van der Waals surface area contributed by atoms with Crippen LogP contribution in [0.25, 0.3) is 0 Å². The zero-order valence-electron chi connectivity index (χ0n) is 9.89. The first kappa shape index (κ1) is 16.9. The van der Waals surface area contributed by atoms with E-state index in [0.717, 1.165) is 0 Å². The zero-order valence-corrected chi connectivity index (χ0v) is 14.2. The van der Waals surface area contributed by atoms with E-state index in [1.807, 2.05) is 45.2 Å². The molecule has 0 aliphatic rings. The summed E-state index contributed by atoms with van der Waals surface area (Å²) in [5.41, 5.74) is 4.86. The van der Waals surface area contributed by atoms with Crippen LogP contribution in [0.1, 0.15) is 16.8 Å². The number of benzene rings is 1. The fourth-order valence-electron chi connectivity index (χ4n) is 1.38. The third kappa shape index (κ3) is 4.47. The number of aromatic hydroxyl groups is 1. The van der Waals surface area contributed by atoms with Crippen molar-refractivity contribution in [2.75, 3.05) is 0 Å². The molecule has 0 radical (unpaired) electrons. The maximum atomic E-state index is 12.0. The number of primary amides is 1. The van der Waals surface area contributed by atoms with Crippen molar-refractivity contribution in [3.8, 4) is 5.75 Å². The summed E-state index contributed by atoms with van der Waals surface area (Å²) >= 11 is 3.81. The van der Waals surface area contributed by atoms with E-state index in [0.29, 0.717) is 7.14 Å². The lowest BCUT2D eigenvalue weighted by Gasteiger charge is -2.14. The summed E-state index contributed by atoms with van der Waals surface area (Å²) in [4.78, 5) is 33.7. The van der Waals surface area contributed by atoms with Crippen molar-refractivity contribution in [2.24, 2.45) is 5.73 Å². The topological polar surface area (TPSA) is 130 Å². The first-order valence-corrected chi connectivity index (χ1v) is 7.38. The molecular weight excluding hydrogens is 494 g/mol. The number of phenols is 1. The molecule has 0 spiro atoms. The minimum Gasteiger partial charge on any atom is -0.506 e. The molecule has 108 valence electrons. The van der Waals surface area contributed by atoms with Gasteiger partial charge in [0.05, 0.1) is 15.6 Å². The minimum absolute atomic E-state index is 0.0583. The zero-order chi connectivity index (χ0) is 15.4. The van der Waals surface area contributed by atoms with Gasteiger partial charge >= 0.3 is 5.97 Å². The summed E-state index contributed by atoms with van der Waals surface area (Å²) in [6.45, 7) is 0. The van der Waals surface area contributed by atoms with Gasteiger partial charge in [-0.05, 0) is 57.3 Å². The maximum absolute atomic E-state index is 12.0. The molecule has 0 fully saturated rings. The van der Waals surface area contributed by atoms with Crippen molar-refractivity contribution in [3.05, 3.63) is 24.8 Å². The summed E-state index contributed by atoms with van der Waals surface area (Å²) < 4.78 is 1.16. The molecule has 1 atom stereocenters. The standard InChI is InChI=1S/C11H10I2N2O5/c12-4-1-5(9(17)6(13)2-4)10(18)15-7(11(19)20)3-8(14)16/h1-2,7,17H,3H2,(H2,14,16)(H,15,18)(H,19,20). The van der Waals surface area contributed by atoms with Gasteiger partial charge in [0.2, 0.25) is 5.91 Å². The Bertz CT molecular complexity index is 576. The lowest BCUT2D eigenvalue weighted by Crippen LogP contribution is -2.43. The monoisotopic (exact) mass is 504 g/mol. The van der Waals surface area contributed by atoms with Crippen LogP contribution in [0.3, 0.4) is 0 Å². The Morgan fingerprint density at radius 3 is 2.40 bits per heavy atom. The summed E-state index contributed by atoms with van der Waals surface area (Å²) in [5, 5.41) is 20.9. The highest BCUT2D eigenvalue weighted by Gasteiger charge is 2.24. The number of carboxylic acids is 1. The number of carbonyl (C=O) groups is 3. The largest absolute Gasteiger partial charge is 0.506 e. The number of aliphatic carboxylic acids is 1. The molecule has 0 aliphatic carbocycles. The van der Waals surface area contributed by atoms with Crippen LogP contribution in [0.2, 0.25) is 0 Å². The van der Waals surface area contributed by atoms with Crippen molar-refractivity contribution in [1.29, 1.82) is 0 Å². The smallest absolute Gasteiger partial charge is 0.326 e. The maximum Gasteiger partial charge on any atom is 0.326 e. The number of hydrogen-bond acceptors (Lipinski definition) is 4. The number of nitrogens with one attached hydrogen (secondary N) is 1. The van der Waals surface area contributed by atoms with Gasteiger partial charge in [-0.15, -0.1) is 0 Å². The second kappa shape index (κ2) is 7.06. The van der Waals surface area contributed by atoms with E-state index in [1.54, 1.807) is 6.07 Å². The molecule has 0 saturated heterocycles. The van der Waals surface area contributed by atoms with Crippen LogP contribution in [0.5, 0.6) is 5.75 Å². The number of amides is 2. The van der Waals surface area contributed by atoms with E-state index in [-0.39, 0.29) is 11.3 Å².